The summed E-state index contributed by atoms with van der Waals surface area (Å²) in [5.74, 6) is 1.85. The molecular formula is C25H33N5O3S. The molecule has 0 aliphatic carbocycles. The second-order valence-corrected chi connectivity index (χ2v) is 10.2. The van der Waals surface area contributed by atoms with Crippen molar-refractivity contribution >= 4 is 29.2 Å². The molecule has 3 aliphatic heterocycles. The third-order valence-corrected chi connectivity index (χ3v) is 7.66. The Morgan fingerprint density at radius 1 is 1.15 bits per heavy atom. The molecule has 2 aromatic rings. The van der Waals surface area contributed by atoms with Crippen LogP contribution in [0.5, 0.6) is 11.5 Å². The first kappa shape index (κ1) is 23.3. The molecule has 1 aromatic heterocycles. The van der Waals surface area contributed by atoms with Gasteiger partial charge in [-0.1, -0.05) is 6.92 Å². The molecule has 1 atom stereocenters. The number of nitrogens with zero attached hydrogens (tertiary/aromatic N) is 5. The van der Waals surface area contributed by atoms with Crippen molar-refractivity contribution in [2.24, 2.45) is 0 Å². The zero-order chi connectivity index (χ0) is 23.5. The van der Waals surface area contributed by atoms with E-state index in [1.165, 1.54) is 0 Å². The molecule has 5 rings (SSSR count). The van der Waals surface area contributed by atoms with Crippen molar-refractivity contribution in [2.45, 2.75) is 30.8 Å². The predicted octanol–water partition coefficient (Wildman–Crippen LogP) is 3.26. The normalized spacial score (nSPS) is 21.3. The van der Waals surface area contributed by atoms with Gasteiger partial charge < -0.3 is 24.2 Å². The third kappa shape index (κ3) is 5.26. The van der Waals surface area contributed by atoms with Gasteiger partial charge in [0.1, 0.15) is 24.2 Å². The number of hydrogen-bond acceptors (Lipinski definition) is 8. The maximum absolute atomic E-state index is 12.0. The smallest absolute Gasteiger partial charge is 0.222 e. The number of pyridine rings is 1. The van der Waals surface area contributed by atoms with Gasteiger partial charge >= 0.3 is 0 Å². The Bertz CT molecular complexity index is 1010. The molecule has 1 amide bonds. The van der Waals surface area contributed by atoms with Crippen molar-refractivity contribution in [3.8, 4) is 11.5 Å². The average Bonchev–Trinajstić information content (AvgIpc) is 3.33. The van der Waals surface area contributed by atoms with Gasteiger partial charge in [0.2, 0.25) is 5.91 Å². The summed E-state index contributed by atoms with van der Waals surface area (Å²) >= 11 is 1.78. The molecule has 182 valence electrons. The Kier molecular flexibility index (Phi) is 7.12. The Balaban J connectivity index is 1.30. The number of rotatable bonds is 6. The molecule has 34 heavy (non-hydrogen) atoms. The van der Waals surface area contributed by atoms with Gasteiger partial charge in [0, 0.05) is 62.7 Å². The maximum Gasteiger partial charge on any atom is 0.222 e. The quantitative estimate of drug-likeness (QED) is 0.581. The summed E-state index contributed by atoms with van der Waals surface area (Å²) in [6.07, 6.45) is 5.28. The first-order valence-electron chi connectivity index (χ1n) is 12.1. The SMILES string of the molecule is CCC(=O)N1CCC(Oc2ccc3c(c2)N(c2cncc(SN4CCN(C)CC4)c2)CCO3)C1. The summed E-state index contributed by atoms with van der Waals surface area (Å²) in [6, 6.07) is 8.21. The number of likely N-dealkylation sites (tertiary alicyclic amines) is 1. The number of ether oxygens (including phenoxy) is 2. The van der Waals surface area contributed by atoms with Gasteiger partial charge in [-0.15, -0.1) is 0 Å². The van der Waals surface area contributed by atoms with E-state index < -0.39 is 0 Å². The van der Waals surface area contributed by atoms with E-state index in [-0.39, 0.29) is 12.0 Å². The molecule has 0 saturated carbocycles. The molecule has 2 fully saturated rings. The highest BCUT2D eigenvalue weighted by atomic mass is 32.2. The zero-order valence-corrected chi connectivity index (χ0v) is 20.8. The van der Waals surface area contributed by atoms with E-state index in [0.717, 1.165) is 73.5 Å². The van der Waals surface area contributed by atoms with Crippen LogP contribution in [0.1, 0.15) is 19.8 Å². The third-order valence-electron chi connectivity index (χ3n) is 6.60. The van der Waals surface area contributed by atoms with Crippen molar-refractivity contribution in [2.75, 3.05) is 64.4 Å². The fourth-order valence-corrected chi connectivity index (χ4v) is 5.56. The Morgan fingerprint density at radius 3 is 2.82 bits per heavy atom. The number of likely N-dealkylation sites (N-methyl/N-ethyl adjacent to an activating group) is 1. The Morgan fingerprint density at radius 2 is 2.00 bits per heavy atom. The number of carbonyl (C=O) groups is 1. The lowest BCUT2D eigenvalue weighted by Crippen LogP contribution is -2.41. The van der Waals surface area contributed by atoms with E-state index in [2.05, 4.69) is 38.3 Å². The summed E-state index contributed by atoms with van der Waals surface area (Å²) < 4.78 is 14.6. The fourth-order valence-electron chi connectivity index (χ4n) is 4.64. The van der Waals surface area contributed by atoms with Crippen LogP contribution >= 0.6 is 11.9 Å². The minimum atomic E-state index is 0.0245. The van der Waals surface area contributed by atoms with Crippen LogP contribution < -0.4 is 14.4 Å². The van der Waals surface area contributed by atoms with Crippen LogP contribution in [-0.2, 0) is 4.79 Å². The molecule has 0 radical (unpaired) electrons. The number of hydrogen-bond donors (Lipinski definition) is 0. The second-order valence-electron chi connectivity index (χ2n) is 9.05. The number of carbonyl (C=O) groups excluding carboxylic acids is 1. The van der Waals surface area contributed by atoms with Crippen LogP contribution in [0.15, 0.2) is 41.6 Å². The van der Waals surface area contributed by atoms with Crippen LogP contribution in [-0.4, -0.2) is 90.6 Å². The molecule has 9 heteroatoms. The van der Waals surface area contributed by atoms with Crippen LogP contribution in [0.3, 0.4) is 0 Å². The van der Waals surface area contributed by atoms with Crippen molar-refractivity contribution in [1.82, 2.24) is 19.1 Å². The molecular weight excluding hydrogens is 450 g/mol. The number of benzene rings is 1. The minimum absolute atomic E-state index is 0.0245. The van der Waals surface area contributed by atoms with Crippen molar-refractivity contribution in [1.29, 1.82) is 0 Å². The highest BCUT2D eigenvalue weighted by Gasteiger charge is 2.28. The van der Waals surface area contributed by atoms with Gasteiger partial charge in [-0.25, -0.2) is 4.31 Å². The summed E-state index contributed by atoms with van der Waals surface area (Å²) in [5, 5.41) is 0. The molecule has 4 heterocycles. The van der Waals surface area contributed by atoms with Crippen LogP contribution in [0.25, 0.3) is 0 Å². The van der Waals surface area contributed by atoms with E-state index in [9.17, 15) is 4.79 Å². The topological polar surface area (TPSA) is 61.4 Å². The zero-order valence-electron chi connectivity index (χ0n) is 20.0. The lowest BCUT2D eigenvalue weighted by Gasteiger charge is -2.33. The molecule has 8 nitrogen and oxygen atoms in total. The highest BCUT2D eigenvalue weighted by molar-refractivity contribution is 7.97. The number of anilines is 2. The van der Waals surface area contributed by atoms with Crippen LogP contribution in [0, 0.1) is 0 Å². The minimum Gasteiger partial charge on any atom is -0.490 e. The van der Waals surface area contributed by atoms with Crippen molar-refractivity contribution < 1.29 is 14.3 Å². The summed E-state index contributed by atoms with van der Waals surface area (Å²) in [6.45, 7) is 8.98. The van der Waals surface area contributed by atoms with E-state index in [1.807, 2.05) is 36.4 Å². The molecule has 2 saturated heterocycles. The first-order valence-corrected chi connectivity index (χ1v) is 12.9. The predicted molar refractivity (Wildman–Crippen MR) is 134 cm³/mol. The molecule has 0 N–H and O–H groups in total. The molecule has 1 unspecified atom stereocenters. The highest BCUT2D eigenvalue weighted by Crippen LogP contribution is 2.40. The number of fused-ring (bicyclic) bond motifs is 1. The lowest BCUT2D eigenvalue weighted by molar-refractivity contribution is -0.130. The first-order chi connectivity index (χ1) is 16.6. The Labute approximate surface area is 205 Å². The van der Waals surface area contributed by atoms with Crippen LogP contribution in [0.4, 0.5) is 11.4 Å². The summed E-state index contributed by atoms with van der Waals surface area (Å²) in [7, 11) is 2.17. The lowest BCUT2D eigenvalue weighted by atomic mass is 10.2. The largest absolute Gasteiger partial charge is 0.490 e. The van der Waals surface area contributed by atoms with Crippen molar-refractivity contribution in [3.05, 3.63) is 36.7 Å². The van der Waals surface area contributed by atoms with Gasteiger partial charge in [-0.05, 0) is 37.2 Å². The number of aromatic nitrogens is 1. The van der Waals surface area contributed by atoms with Gasteiger partial charge in [0.05, 0.1) is 30.7 Å². The van der Waals surface area contributed by atoms with E-state index in [4.69, 9.17) is 9.47 Å². The monoisotopic (exact) mass is 483 g/mol. The Hall–Kier alpha value is -2.49. The maximum atomic E-state index is 12.0. The molecule has 0 bridgehead atoms. The van der Waals surface area contributed by atoms with E-state index >= 15 is 0 Å². The average molecular weight is 484 g/mol. The van der Waals surface area contributed by atoms with Gasteiger partial charge in [0.25, 0.3) is 0 Å². The van der Waals surface area contributed by atoms with E-state index in [0.29, 0.717) is 19.6 Å². The summed E-state index contributed by atoms with van der Waals surface area (Å²) in [4.78, 5) is 24.2. The van der Waals surface area contributed by atoms with E-state index in [1.54, 1.807) is 11.9 Å². The fraction of sp³-hybridized carbons (Fsp3) is 0.520. The number of piperazine rings is 1. The van der Waals surface area contributed by atoms with Gasteiger partial charge in [-0.3, -0.25) is 9.78 Å². The van der Waals surface area contributed by atoms with Crippen molar-refractivity contribution in [3.63, 3.8) is 0 Å². The standard InChI is InChI=1S/C25H33N5O3S/c1-3-25(31)28-7-6-21(18-28)33-20-4-5-24-23(15-20)30(12-13-32-24)19-14-22(17-26-16-19)34-29-10-8-27(2)9-11-29/h4-5,14-17,21H,3,6-13,18H2,1-2H3. The van der Waals surface area contributed by atoms with Gasteiger partial charge in [-0.2, -0.15) is 0 Å². The second kappa shape index (κ2) is 10.4. The number of amides is 1. The summed E-state index contributed by atoms with van der Waals surface area (Å²) in [5.41, 5.74) is 2.05. The molecule has 0 spiro atoms. The molecule has 1 aromatic carbocycles. The molecule has 3 aliphatic rings. The van der Waals surface area contributed by atoms with Crippen LogP contribution in [0.2, 0.25) is 0 Å². The van der Waals surface area contributed by atoms with Gasteiger partial charge in [0.15, 0.2) is 0 Å².